The van der Waals surface area contributed by atoms with Gasteiger partial charge < -0.3 is 4.98 Å². The number of fused-ring (bicyclic) bond motifs is 1. The number of aromatic amines is 1. The Morgan fingerprint density at radius 3 is 2.85 bits per heavy atom. The zero-order valence-corrected chi connectivity index (χ0v) is 14.5. The van der Waals surface area contributed by atoms with Crippen molar-refractivity contribution in [2.75, 3.05) is 6.54 Å². The summed E-state index contributed by atoms with van der Waals surface area (Å²) in [6.07, 6.45) is 5.31. The van der Waals surface area contributed by atoms with Crippen LogP contribution in [0.4, 0.5) is 4.39 Å². The van der Waals surface area contributed by atoms with Crippen molar-refractivity contribution in [2.24, 2.45) is 0 Å². The Balaban J connectivity index is 1.58. The molecule has 0 amide bonds. The molecule has 1 aromatic carbocycles. The van der Waals surface area contributed by atoms with E-state index < -0.39 is 0 Å². The highest BCUT2D eigenvalue weighted by Gasteiger charge is 2.22. The molecule has 0 saturated carbocycles. The van der Waals surface area contributed by atoms with Crippen molar-refractivity contribution in [2.45, 2.75) is 19.5 Å². The minimum Gasteiger partial charge on any atom is -0.306 e. The highest BCUT2D eigenvalue weighted by atomic mass is 35.5. The van der Waals surface area contributed by atoms with Gasteiger partial charge in [-0.3, -0.25) is 9.69 Å². The smallest absolute Gasteiger partial charge is 0.255 e. The van der Waals surface area contributed by atoms with E-state index >= 15 is 0 Å². The van der Waals surface area contributed by atoms with Crippen LogP contribution in [0.5, 0.6) is 0 Å². The van der Waals surface area contributed by atoms with Crippen LogP contribution in [0.15, 0.2) is 41.7 Å². The van der Waals surface area contributed by atoms with Crippen molar-refractivity contribution in [3.8, 4) is 11.4 Å². The molecule has 1 aliphatic rings. The van der Waals surface area contributed by atoms with Gasteiger partial charge in [0.05, 0.1) is 16.8 Å². The summed E-state index contributed by atoms with van der Waals surface area (Å²) in [7, 11) is 0. The van der Waals surface area contributed by atoms with Crippen molar-refractivity contribution >= 4 is 11.6 Å². The average Bonchev–Trinajstić information content (AvgIpc) is 2.65. The normalized spacial score (nSPS) is 14.2. The Bertz CT molecular complexity index is 1010. The van der Waals surface area contributed by atoms with Gasteiger partial charge in [0.1, 0.15) is 18.0 Å². The fourth-order valence-electron chi connectivity index (χ4n) is 3.06. The summed E-state index contributed by atoms with van der Waals surface area (Å²) in [5, 5.41) is 0.391. The molecule has 3 heterocycles. The van der Waals surface area contributed by atoms with Gasteiger partial charge in [-0.2, -0.15) is 0 Å². The van der Waals surface area contributed by atoms with Crippen LogP contribution in [0.2, 0.25) is 5.02 Å². The predicted molar refractivity (Wildman–Crippen MR) is 95.1 cm³/mol. The summed E-state index contributed by atoms with van der Waals surface area (Å²) in [6.45, 7) is 1.76. The van der Waals surface area contributed by atoms with Crippen molar-refractivity contribution in [3.05, 3.63) is 74.9 Å². The van der Waals surface area contributed by atoms with Crippen LogP contribution in [0.1, 0.15) is 16.8 Å². The van der Waals surface area contributed by atoms with Crippen LogP contribution >= 0.6 is 11.6 Å². The molecular formula is C18H15ClFN5O. The lowest BCUT2D eigenvalue weighted by Crippen LogP contribution is -2.35. The van der Waals surface area contributed by atoms with Gasteiger partial charge in [0, 0.05) is 43.5 Å². The molecule has 0 saturated heterocycles. The second kappa shape index (κ2) is 6.93. The van der Waals surface area contributed by atoms with Crippen molar-refractivity contribution in [1.82, 2.24) is 24.8 Å². The third-order valence-electron chi connectivity index (χ3n) is 4.39. The summed E-state index contributed by atoms with van der Waals surface area (Å²) in [5.74, 6) is 0.116. The maximum atomic E-state index is 13.2. The number of rotatable bonds is 3. The Kier molecular flexibility index (Phi) is 4.48. The number of nitrogens with zero attached hydrogens (tertiary/aromatic N) is 4. The van der Waals surface area contributed by atoms with E-state index in [0.717, 1.165) is 17.8 Å². The maximum absolute atomic E-state index is 13.2. The van der Waals surface area contributed by atoms with Gasteiger partial charge in [0.15, 0.2) is 0 Å². The number of hydrogen-bond donors (Lipinski definition) is 1. The molecule has 0 unspecified atom stereocenters. The van der Waals surface area contributed by atoms with E-state index in [1.165, 1.54) is 18.5 Å². The van der Waals surface area contributed by atoms with E-state index in [9.17, 15) is 9.18 Å². The highest BCUT2D eigenvalue weighted by Crippen LogP contribution is 2.23. The molecule has 4 rings (SSSR count). The number of H-pyrrole nitrogens is 1. The van der Waals surface area contributed by atoms with E-state index in [0.29, 0.717) is 41.5 Å². The average molecular weight is 372 g/mol. The lowest BCUT2D eigenvalue weighted by atomic mass is 10.1. The van der Waals surface area contributed by atoms with Crippen LogP contribution in [0.25, 0.3) is 11.4 Å². The summed E-state index contributed by atoms with van der Waals surface area (Å²) in [6, 6.07) is 4.37. The van der Waals surface area contributed by atoms with Crippen molar-refractivity contribution in [1.29, 1.82) is 0 Å². The van der Waals surface area contributed by atoms with Crippen LogP contribution in [0, 0.1) is 5.82 Å². The predicted octanol–water partition coefficient (Wildman–Crippen LogP) is 2.58. The maximum Gasteiger partial charge on any atom is 0.255 e. The largest absolute Gasteiger partial charge is 0.306 e. The van der Waals surface area contributed by atoms with Crippen LogP contribution in [0.3, 0.4) is 0 Å². The number of hydrogen-bond acceptors (Lipinski definition) is 5. The van der Waals surface area contributed by atoms with Crippen LogP contribution in [-0.2, 0) is 19.5 Å². The van der Waals surface area contributed by atoms with Crippen LogP contribution in [-0.4, -0.2) is 31.4 Å². The minimum atomic E-state index is -0.360. The molecule has 0 spiro atoms. The molecule has 1 N–H and O–H groups in total. The Labute approximate surface area is 153 Å². The van der Waals surface area contributed by atoms with Gasteiger partial charge in [-0.1, -0.05) is 17.7 Å². The highest BCUT2D eigenvalue weighted by molar-refractivity contribution is 6.31. The molecule has 132 valence electrons. The number of nitrogens with one attached hydrogen (secondary N) is 1. The SMILES string of the molecule is O=c1[nH]c(-c2cncnc2)nc2c1CN(Cc1ccc(F)cc1Cl)CC2. The first-order valence-electron chi connectivity index (χ1n) is 8.14. The molecular weight excluding hydrogens is 357 g/mol. The molecule has 0 atom stereocenters. The quantitative estimate of drug-likeness (QED) is 0.766. The zero-order valence-electron chi connectivity index (χ0n) is 13.7. The van der Waals surface area contributed by atoms with Gasteiger partial charge in [0.2, 0.25) is 0 Å². The van der Waals surface area contributed by atoms with E-state index in [4.69, 9.17) is 11.6 Å². The lowest BCUT2D eigenvalue weighted by molar-refractivity contribution is 0.242. The van der Waals surface area contributed by atoms with E-state index in [-0.39, 0.29) is 11.4 Å². The first kappa shape index (κ1) is 16.8. The Hall–Kier alpha value is -2.64. The van der Waals surface area contributed by atoms with Crippen LogP contribution < -0.4 is 5.56 Å². The molecule has 0 bridgehead atoms. The molecule has 3 aromatic rings. The lowest BCUT2D eigenvalue weighted by Gasteiger charge is -2.28. The van der Waals surface area contributed by atoms with Gasteiger partial charge in [-0.25, -0.2) is 19.3 Å². The first-order chi connectivity index (χ1) is 12.6. The molecule has 0 aliphatic carbocycles. The number of benzene rings is 1. The first-order valence-corrected chi connectivity index (χ1v) is 8.51. The van der Waals surface area contributed by atoms with E-state index in [2.05, 4.69) is 24.8 Å². The van der Waals surface area contributed by atoms with Gasteiger partial charge in [0.25, 0.3) is 5.56 Å². The molecule has 1 aliphatic heterocycles. The third-order valence-corrected chi connectivity index (χ3v) is 4.74. The fourth-order valence-corrected chi connectivity index (χ4v) is 3.29. The second-order valence-electron chi connectivity index (χ2n) is 6.16. The molecule has 8 heteroatoms. The molecule has 6 nitrogen and oxygen atoms in total. The topological polar surface area (TPSA) is 74.8 Å². The number of halogens is 2. The van der Waals surface area contributed by atoms with Gasteiger partial charge in [-0.15, -0.1) is 0 Å². The monoisotopic (exact) mass is 371 g/mol. The molecule has 0 radical (unpaired) electrons. The zero-order chi connectivity index (χ0) is 18.1. The summed E-state index contributed by atoms with van der Waals surface area (Å²) in [4.78, 5) is 29.9. The van der Waals surface area contributed by atoms with E-state index in [1.54, 1.807) is 18.5 Å². The fraction of sp³-hybridized carbons (Fsp3) is 0.222. The van der Waals surface area contributed by atoms with Crippen molar-refractivity contribution < 1.29 is 4.39 Å². The van der Waals surface area contributed by atoms with E-state index in [1.807, 2.05) is 0 Å². The van der Waals surface area contributed by atoms with Gasteiger partial charge in [-0.05, 0) is 17.7 Å². The van der Waals surface area contributed by atoms with Crippen molar-refractivity contribution in [3.63, 3.8) is 0 Å². The molecule has 0 fully saturated rings. The Morgan fingerprint density at radius 2 is 2.08 bits per heavy atom. The second-order valence-corrected chi connectivity index (χ2v) is 6.57. The number of aromatic nitrogens is 4. The Morgan fingerprint density at radius 1 is 1.27 bits per heavy atom. The minimum absolute atomic E-state index is 0.163. The third kappa shape index (κ3) is 3.36. The standard InChI is InChI=1S/C18H15ClFN5O/c19-15-5-13(20)2-1-11(15)8-25-4-3-16-14(9-25)18(26)24-17(23-16)12-6-21-10-22-7-12/h1-2,5-7,10H,3-4,8-9H2,(H,23,24,26). The molecule has 2 aromatic heterocycles. The molecule has 26 heavy (non-hydrogen) atoms. The summed E-state index contributed by atoms with van der Waals surface area (Å²) >= 11 is 6.11. The summed E-state index contributed by atoms with van der Waals surface area (Å²) in [5.41, 5.74) is 2.78. The van der Waals surface area contributed by atoms with Gasteiger partial charge >= 0.3 is 0 Å². The summed E-state index contributed by atoms with van der Waals surface area (Å²) < 4.78 is 13.2.